The Labute approximate surface area is 148 Å². The zero-order valence-corrected chi connectivity index (χ0v) is 14.4. The molecule has 6 nitrogen and oxygen atoms in total. The highest BCUT2D eigenvalue weighted by Crippen LogP contribution is 2.19. The summed E-state index contributed by atoms with van der Waals surface area (Å²) in [6.07, 6.45) is -1.12. The Hall–Kier alpha value is -2.81. The van der Waals surface area contributed by atoms with Gasteiger partial charge in [0.15, 0.2) is 6.10 Å². The molecule has 0 aliphatic rings. The van der Waals surface area contributed by atoms with Crippen LogP contribution < -0.4 is 5.32 Å². The maximum absolute atomic E-state index is 12.5. The number of para-hydroxylation sites is 1. The van der Waals surface area contributed by atoms with E-state index in [0.717, 1.165) is 24.3 Å². The van der Waals surface area contributed by atoms with E-state index in [1.807, 2.05) is 0 Å². The van der Waals surface area contributed by atoms with E-state index in [1.165, 1.54) is 6.92 Å². The van der Waals surface area contributed by atoms with Gasteiger partial charge in [-0.15, -0.1) is 0 Å². The van der Waals surface area contributed by atoms with Crippen molar-refractivity contribution in [3.63, 3.8) is 0 Å². The van der Waals surface area contributed by atoms with E-state index in [1.54, 1.807) is 30.3 Å². The average molecular weight is 383 g/mol. The lowest BCUT2D eigenvalue weighted by Crippen LogP contribution is -2.30. The normalized spacial score (nSPS) is 12.5. The fourth-order valence-electron chi connectivity index (χ4n) is 1.93. The van der Waals surface area contributed by atoms with Gasteiger partial charge in [0.2, 0.25) is 9.84 Å². The molecule has 0 fully saturated rings. The van der Waals surface area contributed by atoms with Crippen LogP contribution in [0.3, 0.4) is 0 Å². The van der Waals surface area contributed by atoms with Crippen LogP contribution in [0.4, 0.5) is 14.5 Å². The van der Waals surface area contributed by atoms with Gasteiger partial charge < -0.3 is 10.1 Å². The lowest BCUT2D eigenvalue weighted by atomic mass is 10.2. The quantitative estimate of drug-likeness (QED) is 0.775. The van der Waals surface area contributed by atoms with E-state index in [0.29, 0.717) is 5.69 Å². The number of hydrogen-bond acceptors (Lipinski definition) is 5. The molecule has 2 rings (SSSR count). The number of sulfone groups is 1. The maximum Gasteiger partial charge on any atom is 0.341 e. The molecule has 0 aromatic heterocycles. The Morgan fingerprint density at radius 1 is 1.00 bits per heavy atom. The summed E-state index contributed by atoms with van der Waals surface area (Å²) in [7, 11) is -4.74. The first-order valence-electron chi connectivity index (χ1n) is 7.41. The number of halogens is 2. The highest BCUT2D eigenvalue weighted by atomic mass is 32.2. The molecule has 0 radical (unpaired) electrons. The minimum absolute atomic E-state index is 0.0717. The molecule has 1 N–H and O–H groups in total. The van der Waals surface area contributed by atoms with Crippen molar-refractivity contribution in [1.29, 1.82) is 0 Å². The summed E-state index contributed by atoms with van der Waals surface area (Å²) in [5, 5.41) is 2.56. The largest absolute Gasteiger partial charge is 0.449 e. The molecule has 26 heavy (non-hydrogen) atoms. The Balaban J connectivity index is 2.02. The molecule has 0 unspecified atom stereocenters. The molecule has 9 heteroatoms. The molecule has 0 heterocycles. The van der Waals surface area contributed by atoms with Gasteiger partial charge in [0, 0.05) is 5.69 Å². The molecule has 0 saturated heterocycles. The fourth-order valence-corrected chi connectivity index (χ4v) is 2.65. The molecule has 2 aromatic carbocycles. The highest BCUT2D eigenvalue weighted by molar-refractivity contribution is 7.91. The number of ether oxygens (including phenoxy) is 1. The summed E-state index contributed by atoms with van der Waals surface area (Å²) < 4.78 is 52.6. The molecule has 1 atom stereocenters. The number of carbonyl (C=O) groups is 2. The van der Waals surface area contributed by atoms with Crippen molar-refractivity contribution in [2.75, 3.05) is 5.32 Å². The predicted molar refractivity (Wildman–Crippen MR) is 89.6 cm³/mol. The molecule has 138 valence electrons. The Morgan fingerprint density at radius 2 is 1.58 bits per heavy atom. The molecule has 2 aromatic rings. The van der Waals surface area contributed by atoms with E-state index in [-0.39, 0.29) is 5.56 Å². The second-order valence-electron chi connectivity index (χ2n) is 5.23. The minimum Gasteiger partial charge on any atom is -0.449 e. The standard InChI is InChI=1S/C17H15F2NO5S/c1-11(15(21)20-13-5-3-2-4-6-13)25-16(22)12-7-9-14(10-8-12)26(23,24)17(18)19/h2-11,17H,1H3,(H,20,21)/t11-/m1/s1. The number of esters is 1. The average Bonchev–Trinajstić information content (AvgIpc) is 2.62. The molecule has 0 aliphatic carbocycles. The molecule has 0 spiro atoms. The van der Waals surface area contributed by atoms with Crippen LogP contribution in [0.15, 0.2) is 59.5 Å². The Kier molecular flexibility index (Phi) is 6.04. The molecule has 0 aliphatic heterocycles. The first-order chi connectivity index (χ1) is 12.2. The SMILES string of the molecule is C[C@@H](OC(=O)c1ccc(S(=O)(=O)C(F)F)cc1)C(=O)Nc1ccccc1. The first-order valence-corrected chi connectivity index (χ1v) is 8.95. The topological polar surface area (TPSA) is 89.5 Å². The predicted octanol–water partition coefficient (Wildman–Crippen LogP) is 2.87. The third-order valence-corrected chi connectivity index (χ3v) is 4.75. The number of amides is 1. The minimum atomic E-state index is -4.74. The van der Waals surface area contributed by atoms with Crippen LogP contribution in [0.25, 0.3) is 0 Å². The van der Waals surface area contributed by atoms with Gasteiger partial charge in [0.25, 0.3) is 5.91 Å². The smallest absolute Gasteiger partial charge is 0.341 e. The zero-order chi connectivity index (χ0) is 19.3. The number of benzene rings is 2. The van der Waals surface area contributed by atoms with Crippen LogP contribution in [-0.2, 0) is 19.4 Å². The van der Waals surface area contributed by atoms with Crippen LogP contribution in [0.2, 0.25) is 0 Å². The summed E-state index contributed by atoms with van der Waals surface area (Å²) in [6.45, 7) is 1.37. The second-order valence-corrected chi connectivity index (χ2v) is 7.15. The second kappa shape index (κ2) is 8.05. The summed E-state index contributed by atoms with van der Waals surface area (Å²) in [6, 6.07) is 12.4. The Morgan fingerprint density at radius 3 is 2.12 bits per heavy atom. The van der Waals surface area contributed by atoms with Gasteiger partial charge in [-0.3, -0.25) is 4.79 Å². The van der Waals surface area contributed by atoms with Gasteiger partial charge in [-0.2, -0.15) is 8.78 Å². The monoisotopic (exact) mass is 383 g/mol. The summed E-state index contributed by atoms with van der Waals surface area (Å²) >= 11 is 0. The summed E-state index contributed by atoms with van der Waals surface area (Å²) in [5.74, 6) is -5.00. The first kappa shape index (κ1) is 19.5. The van der Waals surface area contributed by atoms with Crippen molar-refractivity contribution in [1.82, 2.24) is 0 Å². The molecular formula is C17H15F2NO5S. The lowest BCUT2D eigenvalue weighted by Gasteiger charge is -2.13. The van der Waals surface area contributed by atoms with Gasteiger partial charge in [-0.1, -0.05) is 18.2 Å². The maximum atomic E-state index is 12.5. The number of hydrogen-bond donors (Lipinski definition) is 1. The third-order valence-electron chi connectivity index (χ3n) is 3.35. The Bertz CT molecular complexity index is 883. The van der Waals surface area contributed by atoms with E-state index in [9.17, 15) is 26.8 Å². The zero-order valence-electron chi connectivity index (χ0n) is 13.6. The van der Waals surface area contributed by atoms with E-state index in [4.69, 9.17) is 4.74 Å². The third kappa shape index (κ3) is 4.63. The molecule has 0 saturated carbocycles. The lowest BCUT2D eigenvalue weighted by molar-refractivity contribution is -0.123. The van der Waals surface area contributed by atoms with Gasteiger partial charge in [0.1, 0.15) is 0 Å². The summed E-state index contributed by atoms with van der Waals surface area (Å²) in [5.41, 5.74) is 0.458. The molecular weight excluding hydrogens is 368 g/mol. The number of rotatable bonds is 6. The summed E-state index contributed by atoms with van der Waals surface area (Å²) in [4.78, 5) is 23.4. The number of carbonyl (C=O) groups excluding carboxylic acids is 2. The van der Waals surface area contributed by atoms with Crippen LogP contribution in [0.1, 0.15) is 17.3 Å². The van der Waals surface area contributed by atoms with Gasteiger partial charge in [-0.05, 0) is 43.3 Å². The van der Waals surface area contributed by atoms with Gasteiger partial charge >= 0.3 is 11.7 Å². The van der Waals surface area contributed by atoms with Gasteiger partial charge in [-0.25, -0.2) is 13.2 Å². The number of alkyl halides is 2. The van der Waals surface area contributed by atoms with E-state index < -0.39 is 38.5 Å². The van der Waals surface area contributed by atoms with Gasteiger partial charge in [0.05, 0.1) is 10.5 Å². The van der Waals surface area contributed by atoms with Crippen molar-refractivity contribution in [2.45, 2.75) is 23.7 Å². The molecule has 1 amide bonds. The number of nitrogens with one attached hydrogen (secondary N) is 1. The van der Waals surface area contributed by atoms with Crippen LogP contribution >= 0.6 is 0 Å². The van der Waals surface area contributed by atoms with Crippen molar-refractivity contribution >= 4 is 27.4 Å². The van der Waals surface area contributed by atoms with Crippen LogP contribution in [-0.4, -0.2) is 32.2 Å². The van der Waals surface area contributed by atoms with Crippen molar-refractivity contribution < 1.29 is 31.5 Å². The fraction of sp³-hybridized carbons (Fsp3) is 0.176. The van der Waals surface area contributed by atoms with E-state index >= 15 is 0 Å². The molecule has 0 bridgehead atoms. The van der Waals surface area contributed by atoms with Crippen molar-refractivity contribution in [3.8, 4) is 0 Å². The van der Waals surface area contributed by atoms with E-state index in [2.05, 4.69) is 5.32 Å². The highest BCUT2D eigenvalue weighted by Gasteiger charge is 2.27. The number of anilines is 1. The van der Waals surface area contributed by atoms with Crippen LogP contribution in [0.5, 0.6) is 0 Å². The van der Waals surface area contributed by atoms with Crippen molar-refractivity contribution in [2.24, 2.45) is 0 Å². The van der Waals surface area contributed by atoms with Crippen LogP contribution in [0, 0.1) is 0 Å². The van der Waals surface area contributed by atoms with Crippen molar-refractivity contribution in [3.05, 3.63) is 60.2 Å².